The van der Waals surface area contributed by atoms with Crippen LogP contribution in [0.4, 0.5) is 0 Å². The van der Waals surface area contributed by atoms with Crippen molar-refractivity contribution in [3.05, 3.63) is 34.9 Å². The van der Waals surface area contributed by atoms with Crippen molar-refractivity contribution in [1.29, 1.82) is 0 Å². The summed E-state index contributed by atoms with van der Waals surface area (Å²) in [5.41, 5.74) is 0.327. The predicted octanol–water partition coefficient (Wildman–Crippen LogP) is 3.81. The Bertz CT molecular complexity index is 629. The van der Waals surface area contributed by atoms with Crippen molar-refractivity contribution in [2.75, 3.05) is 19.7 Å². The fourth-order valence-corrected chi connectivity index (χ4v) is 4.26. The first-order valence-corrected chi connectivity index (χ1v) is 9.49. The van der Waals surface area contributed by atoms with E-state index in [0.29, 0.717) is 16.9 Å². The van der Waals surface area contributed by atoms with Crippen LogP contribution < -0.4 is 0 Å². The molecule has 1 aromatic carbocycles. The first-order valence-electron chi connectivity index (χ1n) is 9.12. The number of benzene rings is 1. The van der Waals surface area contributed by atoms with Crippen LogP contribution in [0.2, 0.25) is 5.02 Å². The summed E-state index contributed by atoms with van der Waals surface area (Å²) in [7, 11) is 0. The van der Waals surface area contributed by atoms with E-state index >= 15 is 0 Å². The molecule has 1 aromatic rings. The summed E-state index contributed by atoms with van der Waals surface area (Å²) in [5, 5.41) is 0.648. The number of nitrogens with zero attached hydrogens (tertiary/aromatic N) is 1. The Hall–Kier alpha value is -1.55. The number of halogens is 1. The third-order valence-corrected chi connectivity index (χ3v) is 5.79. The minimum Gasteiger partial charge on any atom is -0.455 e. The lowest BCUT2D eigenvalue weighted by atomic mass is 9.64. The molecule has 2 unspecified atom stereocenters. The minimum absolute atomic E-state index is 0.0858. The second-order valence-corrected chi connectivity index (χ2v) is 8.20. The van der Waals surface area contributed by atoms with Gasteiger partial charge in [-0.05, 0) is 48.8 Å². The van der Waals surface area contributed by atoms with Crippen molar-refractivity contribution < 1.29 is 14.3 Å². The summed E-state index contributed by atoms with van der Waals surface area (Å²) in [5.74, 6) is 0.621. The summed E-state index contributed by atoms with van der Waals surface area (Å²) in [6.45, 7) is 5.66. The summed E-state index contributed by atoms with van der Waals surface area (Å²) in [6, 6.07) is 7.37. The Morgan fingerprint density at radius 3 is 2.28 bits per heavy atom. The number of ether oxygens (including phenoxy) is 1. The molecule has 2 atom stereocenters. The van der Waals surface area contributed by atoms with Crippen molar-refractivity contribution >= 4 is 23.5 Å². The first-order chi connectivity index (χ1) is 11.9. The van der Waals surface area contributed by atoms with Crippen LogP contribution in [0.15, 0.2) is 24.3 Å². The lowest BCUT2D eigenvalue weighted by Crippen LogP contribution is -2.47. The first kappa shape index (κ1) is 18.2. The number of likely N-dealkylation sites (tertiary alicyclic amines) is 1. The van der Waals surface area contributed by atoms with Crippen molar-refractivity contribution in [1.82, 2.24) is 4.90 Å². The van der Waals surface area contributed by atoms with Gasteiger partial charge in [0.05, 0.1) is 5.41 Å². The van der Waals surface area contributed by atoms with Crippen LogP contribution in [0.3, 0.4) is 0 Å². The van der Waals surface area contributed by atoms with Gasteiger partial charge < -0.3 is 9.64 Å². The number of hydrogen-bond donors (Lipinski definition) is 0. The maximum atomic E-state index is 12.7. The zero-order chi connectivity index (χ0) is 18.0. The molecule has 1 saturated carbocycles. The number of esters is 1. The number of amides is 1. The van der Waals surface area contributed by atoms with E-state index in [1.807, 2.05) is 17.0 Å². The highest BCUT2D eigenvalue weighted by Gasteiger charge is 2.47. The molecule has 1 heterocycles. The number of piperidine rings is 1. The van der Waals surface area contributed by atoms with Gasteiger partial charge in [0.2, 0.25) is 0 Å². The molecule has 3 rings (SSSR count). The molecule has 1 aliphatic heterocycles. The molecule has 136 valence electrons. The van der Waals surface area contributed by atoms with E-state index in [9.17, 15) is 9.59 Å². The van der Waals surface area contributed by atoms with Gasteiger partial charge in [-0.3, -0.25) is 9.59 Å². The van der Waals surface area contributed by atoms with Crippen LogP contribution in [0.5, 0.6) is 0 Å². The third-order valence-electron chi connectivity index (χ3n) is 5.54. The largest absolute Gasteiger partial charge is 0.455 e. The molecule has 0 spiro atoms. The van der Waals surface area contributed by atoms with E-state index in [0.717, 1.165) is 44.3 Å². The van der Waals surface area contributed by atoms with Crippen molar-refractivity contribution in [3.63, 3.8) is 0 Å². The van der Waals surface area contributed by atoms with Crippen LogP contribution in [0.25, 0.3) is 0 Å². The van der Waals surface area contributed by atoms with Crippen LogP contribution in [-0.4, -0.2) is 36.5 Å². The zero-order valence-corrected chi connectivity index (χ0v) is 15.7. The van der Waals surface area contributed by atoms with Gasteiger partial charge >= 0.3 is 5.97 Å². The van der Waals surface area contributed by atoms with E-state index < -0.39 is 5.41 Å². The Morgan fingerprint density at radius 2 is 1.76 bits per heavy atom. The van der Waals surface area contributed by atoms with Gasteiger partial charge in [-0.2, -0.15) is 0 Å². The molecule has 1 aliphatic carbocycles. The van der Waals surface area contributed by atoms with Crippen molar-refractivity contribution in [3.8, 4) is 0 Å². The molecular weight excluding hydrogens is 338 g/mol. The molecule has 1 amide bonds. The Kier molecular flexibility index (Phi) is 5.38. The molecule has 4 nitrogen and oxygen atoms in total. The monoisotopic (exact) mass is 363 g/mol. The third kappa shape index (κ3) is 3.84. The smallest absolute Gasteiger partial charge is 0.317 e. The van der Waals surface area contributed by atoms with Crippen LogP contribution in [0.1, 0.15) is 45.1 Å². The van der Waals surface area contributed by atoms with Crippen LogP contribution >= 0.6 is 11.6 Å². The fourth-order valence-electron chi connectivity index (χ4n) is 4.13. The standard InChI is InChI=1S/C20H26ClNO3/c1-14-10-15(2)12-22(11-14)18(23)13-25-19(24)20(8-3-9-20)16-4-6-17(21)7-5-16/h4-7,14-15H,3,8-13H2,1-2H3. The molecule has 5 heteroatoms. The Balaban J connectivity index is 1.61. The van der Waals surface area contributed by atoms with Gasteiger partial charge in [-0.1, -0.05) is 44.0 Å². The quantitative estimate of drug-likeness (QED) is 0.764. The normalized spacial score (nSPS) is 25.2. The number of carbonyl (C=O) groups is 2. The van der Waals surface area contributed by atoms with Gasteiger partial charge in [-0.15, -0.1) is 0 Å². The van der Waals surface area contributed by atoms with E-state index in [-0.39, 0.29) is 18.5 Å². The molecule has 1 saturated heterocycles. The molecule has 0 N–H and O–H groups in total. The maximum Gasteiger partial charge on any atom is 0.317 e. The average Bonchev–Trinajstić information content (AvgIpc) is 2.52. The number of rotatable bonds is 4. The predicted molar refractivity (Wildman–Crippen MR) is 97.5 cm³/mol. The lowest BCUT2D eigenvalue weighted by molar-refractivity contribution is -0.160. The molecule has 2 aliphatic rings. The molecule has 0 aromatic heterocycles. The summed E-state index contributed by atoms with van der Waals surface area (Å²) in [6.07, 6.45) is 3.66. The van der Waals surface area contributed by atoms with E-state index in [2.05, 4.69) is 13.8 Å². The maximum absolute atomic E-state index is 12.7. The van der Waals surface area contributed by atoms with Crippen molar-refractivity contribution in [2.45, 2.75) is 44.9 Å². The van der Waals surface area contributed by atoms with Gasteiger partial charge in [-0.25, -0.2) is 0 Å². The van der Waals surface area contributed by atoms with E-state index in [1.54, 1.807) is 12.1 Å². The topological polar surface area (TPSA) is 46.6 Å². The Morgan fingerprint density at radius 1 is 1.16 bits per heavy atom. The van der Waals surface area contributed by atoms with E-state index in [4.69, 9.17) is 16.3 Å². The van der Waals surface area contributed by atoms with Gasteiger partial charge in [0.1, 0.15) is 0 Å². The number of hydrogen-bond acceptors (Lipinski definition) is 3. The second-order valence-electron chi connectivity index (χ2n) is 7.76. The minimum atomic E-state index is -0.604. The SMILES string of the molecule is CC1CC(C)CN(C(=O)COC(=O)C2(c3ccc(Cl)cc3)CCC2)C1. The molecular formula is C20H26ClNO3. The summed E-state index contributed by atoms with van der Waals surface area (Å²) < 4.78 is 5.46. The average molecular weight is 364 g/mol. The number of carbonyl (C=O) groups excluding carboxylic acids is 2. The zero-order valence-electron chi connectivity index (χ0n) is 15.0. The highest BCUT2D eigenvalue weighted by atomic mass is 35.5. The fraction of sp³-hybridized carbons (Fsp3) is 0.600. The van der Waals surface area contributed by atoms with Crippen LogP contribution in [0, 0.1) is 11.8 Å². The molecule has 2 fully saturated rings. The molecule has 0 radical (unpaired) electrons. The lowest BCUT2D eigenvalue weighted by Gasteiger charge is -2.40. The second kappa shape index (κ2) is 7.36. The van der Waals surface area contributed by atoms with Gasteiger partial charge in [0.25, 0.3) is 5.91 Å². The summed E-state index contributed by atoms with van der Waals surface area (Å²) >= 11 is 5.95. The molecule has 25 heavy (non-hydrogen) atoms. The highest BCUT2D eigenvalue weighted by molar-refractivity contribution is 6.30. The Labute approximate surface area is 154 Å². The highest BCUT2D eigenvalue weighted by Crippen LogP contribution is 2.45. The summed E-state index contributed by atoms with van der Waals surface area (Å²) in [4.78, 5) is 27.0. The van der Waals surface area contributed by atoms with E-state index in [1.165, 1.54) is 0 Å². The van der Waals surface area contributed by atoms with Crippen molar-refractivity contribution in [2.24, 2.45) is 11.8 Å². The molecule has 0 bridgehead atoms. The van der Waals surface area contributed by atoms with Crippen LogP contribution in [-0.2, 0) is 19.7 Å². The van der Waals surface area contributed by atoms with Gasteiger partial charge in [0.15, 0.2) is 6.61 Å². The van der Waals surface area contributed by atoms with Gasteiger partial charge in [0, 0.05) is 18.1 Å².